The third kappa shape index (κ3) is 6.19. The molecule has 6 unspecified atom stereocenters. The van der Waals surface area contributed by atoms with Crippen LogP contribution < -0.4 is 27.8 Å². The number of rotatable bonds is 11. The van der Waals surface area contributed by atoms with E-state index in [0.29, 0.717) is 53.5 Å². The molecular weight excluding hydrogens is 847 g/mol. The number of aromatic nitrogens is 2. The van der Waals surface area contributed by atoms with Gasteiger partial charge in [0.05, 0.1) is 27.8 Å². The van der Waals surface area contributed by atoms with Crippen molar-refractivity contribution in [1.29, 1.82) is 0 Å². The molecule has 63 heavy (non-hydrogen) atoms. The molecule has 4 amide bonds. The Hall–Kier alpha value is -4.98. The number of nitrogens with two attached hydrogens (primary N) is 4. The first-order chi connectivity index (χ1) is 29.5. The molecule has 5 aliphatic heterocycles. The van der Waals surface area contributed by atoms with Gasteiger partial charge >= 0.3 is 24.1 Å². The van der Waals surface area contributed by atoms with Crippen LogP contribution in [0.2, 0.25) is 0 Å². The van der Waals surface area contributed by atoms with Gasteiger partial charge in [-0.25, -0.2) is 29.1 Å². The lowest BCUT2D eigenvalue weighted by molar-refractivity contribution is -0.167. The number of thiazole rings is 2. The Kier molecular flexibility index (Phi) is 10.7. The van der Waals surface area contributed by atoms with Gasteiger partial charge in [-0.2, -0.15) is 0 Å². The van der Waals surface area contributed by atoms with Crippen LogP contribution in [0.1, 0.15) is 108 Å². The lowest BCUT2D eigenvalue weighted by atomic mass is 9.66. The van der Waals surface area contributed by atoms with E-state index in [9.17, 15) is 28.8 Å². The molecule has 3 aromatic rings. The fourth-order valence-corrected chi connectivity index (χ4v) is 14.6. The van der Waals surface area contributed by atoms with Crippen LogP contribution in [0.3, 0.4) is 0 Å². The Morgan fingerprint density at radius 2 is 1.19 bits per heavy atom. The van der Waals surface area contributed by atoms with Crippen molar-refractivity contribution in [3.05, 3.63) is 62.0 Å². The Morgan fingerprint density at radius 3 is 1.62 bits per heavy atom. The number of ether oxygens (including phenoxy) is 2. The molecule has 9 atom stereocenters. The first-order valence-electron chi connectivity index (χ1n) is 21.5. The molecule has 3 fully saturated rings. The highest BCUT2D eigenvalue weighted by molar-refractivity contribution is 7.10. The number of carbonyl (C=O) groups is 6. The van der Waals surface area contributed by atoms with E-state index in [2.05, 4.69) is 63.8 Å². The highest BCUT2D eigenvalue weighted by Crippen LogP contribution is 2.57. The summed E-state index contributed by atoms with van der Waals surface area (Å²) in [5.74, 6) is -4.45. The molecule has 19 heteroatoms. The molecule has 0 aliphatic carbocycles. The first-order valence-corrected chi connectivity index (χ1v) is 23.2. The predicted octanol–water partition coefficient (Wildman–Crippen LogP) is 3.52. The highest BCUT2D eigenvalue weighted by atomic mass is 32.1. The van der Waals surface area contributed by atoms with Gasteiger partial charge in [0, 0.05) is 60.5 Å². The van der Waals surface area contributed by atoms with Crippen LogP contribution in [0.4, 0.5) is 15.3 Å². The van der Waals surface area contributed by atoms with E-state index in [4.69, 9.17) is 42.4 Å². The maximum absolute atomic E-state index is 14.7. The van der Waals surface area contributed by atoms with Crippen molar-refractivity contribution in [3.8, 4) is 0 Å². The van der Waals surface area contributed by atoms with Crippen molar-refractivity contribution in [2.75, 3.05) is 18.0 Å². The fourth-order valence-electron chi connectivity index (χ4n) is 12.5. The highest BCUT2D eigenvalue weighted by Gasteiger charge is 2.73. The minimum atomic E-state index is -2.21. The largest absolute Gasteiger partial charge is 0.412 e. The molecule has 2 aromatic heterocycles. The first kappa shape index (κ1) is 44.6. The lowest BCUT2D eigenvalue weighted by Crippen LogP contribution is -2.77. The molecule has 3 saturated heterocycles. The number of fused-ring (bicyclic) bond motifs is 4. The quantitative estimate of drug-likeness (QED) is 0.159. The average Bonchev–Trinajstić information content (AvgIpc) is 4.05. The third-order valence-electron chi connectivity index (χ3n) is 15.4. The predicted molar refractivity (Wildman–Crippen MR) is 235 cm³/mol. The molecule has 8 N–H and O–H groups in total. The second-order valence-electron chi connectivity index (χ2n) is 19.7. The van der Waals surface area contributed by atoms with Gasteiger partial charge in [0.15, 0.2) is 0 Å². The van der Waals surface area contributed by atoms with Crippen LogP contribution in [0.5, 0.6) is 0 Å². The van der Waals surface area contributed by atoms with E-state index in [1.165, 1.54) is 22.7 Å². The monoisotopic (exact) mass is 903 g/mol. The van der Waals surface area contributed by atoms with Crippen molar-refractivity contribution in [2.45, 2.75) is 144 Å². The van der Waals surface area contributed by atoms with Crippen LogP contribution in [-0.4, -0.2) is 104 Å². The number of hydrogen-bond donors (Lipinski definition) is 4. The molecule has 1 aromatic carbocycles. The smallest absolute Gasteiger partial charge is 0.375 e. The minimum Gasteiger partial charge on any atom is -0.375 e. The Balaban J connectivity index is 1.31. The van der Waals surface area contributed by atoms with Gasteiger partial charge < -0.3 is 37.3 Å². The second-order valence-corrected chi connectivity index (χ2v) is 21.4. The SMILES string of the molecule is CC1CC(C2CCCN2[C@@](C(N)=O)(C(=O)OC(N)=O)C2(C)Cc3csc2n3)N(c2ccc(C(C)(C)C)cc2)[C@@]1(C)C1CCCN1[C@@](C(N)=O)(C(=O)OC(N)=O)C1(C)Cc2csc1n2. The molecule has 7 heterocycles. The number of likely N-dealkylation sites (tertiary alicyclic amines) is 2. The van der Waals surface area contributed by atoms with Crippen molar-refractivity contribution in [2.24, 2.45) is 28.9 Å². The number of anilines is 1. The standard InChI is InChI=1S/C44H57N9O8S2/c1-23-18-29(28-10-8-16-51(28)43(31(45)54,35(56)60-37(47)58)40(5)19-25-21-62-33(40)49-25)53(27-14-12-24(13-15-27)39(2,3)4)42(23,7)30-11-9-17-52(30)44(32(46)55,36(57)61-38(48)59)41(6)20-26-22-63-34(41)50-26/h12-15,21-23,28-30H,8-11,16-20H2,1-7H3,(H2,45,54)(H2,46,55)(H2,47,58)(H2,48,59)/t23?,28?,29?,30?,40?,41?,42-,43+,44+/m1/s1. The summed E-state index contributed by atoms with van der Waals surface area (Å²) in [4.78, 5) is 98.6. The van der Waals surface area contributed by atoms with Gasteiger partial charge in [0.2, 0.25) is 11.1 Å². The number of primary amides is 4. The van der Waals surface area contributed by atoms with Gasteiger partial charge in [0.25, 0.3) is 11.8 Å². The van der Waals surface area contributed by atoms with E-state index in [-0.39, 0.29) is 37.3 Å². The molecule has 0 spiro atoms. The normalized spacial score (nSPS) is 31.1. The topological polar surface area (TPSA) is 260 Å². The molecule has 338 valence electrons. The van der Waals surface area contributed by atoms with E-state index in [0.717, 1.165) is 11.3 Å². The zero-order valence-electron chi connectivity index (χ0n) is 36.8. The number of esters is 2. The van der Waals surface area contributed by atoms with Crippen LogP contribution in [-0.2, 0) is 57.7 Å². The Labute approximate surface area is 374 Å². The summed E-state index contributed by atoms with van der Waals surface area (Å²) in [6, 6.07) is 6.79. The van der Waals surface area contributed by atoms with Gasteiger partial charge in [0.1, 0.15) is 10.0 Å². The lowest BCUT2D eigenvalue weighted by Gasteiger charge is -2.56. The molecule has 0 radical (unpaired) electrons. The van der Waals surface area contributed by atoms with Crippen LogP contribution in [0.25, 0.3) is 0 Å². The third-order valence-corrected chi connectivity index (χ3v) is 17.7. The van der Waals surface area contributed by atoms with Crippen LogP contribution in [0, 0.1) is 5.92 Å². The summed E-state index contributed by atoms with van der Waals surface area (Å²) < 4.78 is 10.4. The molecule has 5 aliphatic rings. The summed E-state index contributed by atoms with van der Waals surface area (Å²) in [5, 5.41) is 4.77. The summed E-state index contributed by atoms with van der Waals surface area (Å²) in [7, 11) is 0. The summed E-state index contributed by atoms with van der Waals surface area (Å²) in [5.41, 5.74) is 19.2. The number of nitrogens with zero attached hydrogens (tertiary/aromatic N) is 5. The minimum absolute atomic E-state index is 0.174. The van der Waals surface area contributed by atoms with E-state index in [1.54, 1.807) is 13.8 Å². The Morgan fingerprint density at radius 1 is 0.714 bits per heavy atom. The van der Waals surface area contributed by atoms with Crippen molar-refractivity contribution >= 4 is 64.3 Å². The van der Waals surface area contributed by atoms with Gasteiger partial charge in [-0.1, -0.05) is 39.8 Å². The number of carbonyl (C=O) groups excluding carboxylic acids is 6. The van der Waals surface area contributed by atoms with Gasteiger partial charge in [-0.05, 0) is 81.9 Å². The Bertz CT molecular complexity index is 2400. The summed E-state index contributed by atoms with van der Waals surface area (Å²) in [6.45, 7) is 14.7. The number of amides is 4. The van der Waals surface area contributed by atoms with E-state index < -0.39 is 81.5 Å². The number of hydrogen-bond acceptors (Lipinski definition) is 15. The van der Waals surface area contributed by atoms with Gasteiger partial charge in [-0.3, -0.25) is 19.4 Å². The molecular formula is C44H57N9O8S2. The number of benzene rings is 1. The summed E-state index contributed by atoms with van der Waals surface area (Å²) in [6.07, 6.45) is 0.431. The molecule has 0 saturated carbocycles. The van der Waals surface area contributed by atoms with E-state index >= 15 is 0 Å². The van der Waals surface area contributed by atoms with Crippen LogP contribution >= 0.6 is 22.7 Å². The van der Waals surface area contributed by atoms with Crippen LogP contribution in [0.15, 0.2) is 35.0 Å². The fraction of sp³-hybridized carbons (Fsp3) is 0.591. The zero-order chi connectivity index (χ0) is 45.8. The second kappa shape index (κ2) is 15.1. The zero-order valence-corrected chi connectivity index (χ0v) is 38.4. The molecule has 4 bridgehead atoms. The van der Waals surface area contributed by atoms with Gasteiger partial charge in [-0.15, -0.1) is 22.7 Å². The molecule has 8 rings (SSSR count). The van der Waals surface area contributed by atoms with Crippen molar-refractivity contribution < 1.29 is 38.2 Å². The van der Waals surface area contributed by atoms with Crippen molar-refractivity contribution in [3.63, 3.8) is 0 Å². The average molecular weight is 904 g/mol. The maximum atomic E-state index is 14.7. The van der Waals surface area contributed by atoms with Crippen molar-refractivity contribution in [1.82, 2.24) is 19.8 Å². The molecule has 17 nitrogen and oxygen atoms in total. The maximum Gasteiger partial charge on any atom is 0.412 e. The van der Waals surface area contributed by atoms with E-state index in [1.807, 2.05) is 20.6 Å². The summed E-state index contributed by atoms with van der Waals surface area (Å²) >= 11 is 2.62.